The normalized spacial score (nSPS) is 18.2. The molecule has 14 heavy (non-hydrogen) atoms. The van der Waals surface area contributed by atoms with E-state index >= 15 is 0 Å². The molecule has 0 atom stereocenters. The molecule has 1 N–H and O–H groups in total. The van der Waals surface area contributed by atoms with E-state index in [9.17, 15) is 5.11 Å². The van der Waals surface area contributed by atoms with Crippen LogP contribution in [0.4, 0.5) is 0 Å². The topological polar surface area (TPSA) is 45.3 Å². The van der Waals surface area contributed by atoms with Crippen molar-refractivity contribution in [1.29, 1.82) is 0 Å². The zero-order valence-electron chi connectivity index (χ0n) is 8.41. The maximum absolute atomic E-state index is 9.31. The van der Waals surface area contributed by atoms with E-state index in [2.05, 4.69) is 35.8 Å². The third-order valence-corrected chi connectivity index (χ3v) is 2.70. The minimum atomic E-state index is -1.31. The predicted molar refractivity (Wildman–Crippen MR) is 51.4 cm³/mol. The summed E-state index contributed by atoms with van der Waals surface area (Å²) in [7, 11) is 0. The van der Waals surface area contributed by atoms with Gasteiger partial charge in [0.1, 0.15) is 0 Å². The first-order valence-electron chi connectivity index (χ1n) is 4.75. The van der Waals surface area contributed by atoms with Gasteiger partial charge in [0.2, 0.25) is 0 Å². The molecule has 0 aliphatic carbocycles. The van der Waals surface area contributed by atoms with E-state index in [1.165, 1.54) is 16.7 Å². The second kappa shape index (κ2) is 3.35. The van der Waals surface area contributed by atoms with Gasteiger partial charge in [-0.15, -0.1) is 0 Å². The molecular formula is C11H14O3. The van der Waals surface area contributed by atoms with Gasteiger partial charge in [0, 0.05) is 6.42 Å². The molecule has 3 heteroatoms. The fraction of sp³-hybridized carbons (Fsp3) is 0.455. The third kappa shape index (κ3) is 1.95. The van der Waals surface area contributed by atoms with Gasteiger partial charge < -0.3 is 5.11 Å². The Labute approximate surface area is 83.2 Å². The minimum absolute atomic E-state index is 0.483. The number of benzene rings is 1. The molecule has 1 aliphatic rings. The predicted octanol–water partition coefficient (Wildman–Crippen LogP) is 1.84. The molecule has 1 aromatic carbocycles. The van der Waals surface area contributed by atoms with E-state index in [1.54, 1.807) is 0 Å². The smallest absolute Gasteiger partial charge is 0.338 e. The Kier molecular flexibility index (Phi) is 2.31. The van der Waals surface area contributed by atoms with Crippen LogP contribution in [-0.4, -0.2) is 11.1 Å². The minimum Gasteiger partial charge on any atom is -0.340 e. The van der Waals surface area contributed by atoms with Gasteiger partial charge in [-0.1, -0.05) is 18.2 Å². The quantitative estimate of drug-likeness (QED) is 0.590. The van der Waals surface area contributed by atoms with Gasteiger partial charge in [0.05, 0.1) is 0 Å². The van der Waals surface area contributed by atoms with Gasteiger partial charge in [-0.05, 0) is 37.0 Å². The van der Waals surface area contributed by atoms with Crippen LogP contribution in [0.3, 0.4) is 0 Å². The van der Waals surface area contributed by atoms with Crippen LogP contribution in [-0.2, 0) is 16.2 Å². The van der Waals surface area contributed by atoms with Gasteiger partial charge >= 0.3 is 5.97 Å². The number of hydrogen-bond acceptors (Lipinski definition) is 3. The fourth-order valence-electron chi connectivity index (χ4n) is 1.51. The summed E-state index contributed by atoms with van der Waals surface area (Å²) in [5, 5.41) is 9.31. The molecule has 0 bridgehead atoms. The first-order chi connectivity index (χ1) is 6.61. The van der Waals surface area contributed by atoms with E-state index < -0.39 is 5.97 Å². The lowest BCUT2D eigenvalue weighted by Gasteiger charge is -2.07. The van der Waals surface area contributed by atoms with Gasteiger partial charge in [-0.2, -0.15) is 9.78 Å². The van der Waals surface area contributed by atoms with E-state index in [0.29, 0.717) is 6.42 Å². The molecule has 0 unspecified atom stereocenters. The van der Waals surface area contributed by atoms with Crippen LogP contribution in [0.1, 0.15) is 23.1 Å². The van der Waals surface area contributed by atoms with Crippen molar-refractivity contribution in [3.63, 3.8) is 0 Å². The largest absolute Gasteiger partial charge is 0.340 e. The maximum Gasteiger partial charge on any atom is 0.338 e. The van der Waals surface area contributed by atoms with Crippen LogP contribution in [0.5, 0.6) is 0 Å². The first-order valence-corrected chi connectivity index (χ1v) is 4.75. The summed E-state index contributed by atoms with van der Waals surface area (Å²) in [4.78, 5) is 8.89. The number of rotatable bonds is 3. The lowest BCUT2D eigenvalue weighted by atomic mass is 9.99. The molecule has 1 saturated heterocycles. The van der Waals surface area contributed by atoms with Crippen LogP contribution in [0, 0.1) is 13.8 Å². The highest BCUT2D eigenvalue weighted by Crippen LogP contribution is 2.31. The van der Waals surface area contributed by atoms with Gasteiger partial charge in [0.25, 0.3) is 0 Å². The number of aliphatic hydroxyl groups is 1. The monoisotopic (exact) mass is 194 g/mol. The van der Waals surface area contributed by atoms with E-state index in [1.807, 2.05) is 6.07 Å². The Morgan fingerprint density at radius 3 is 2.64 bits per heavy atom. The van der Waals surface area contributed by atoms with Crippen molar-refractivity contribution in [2.75, 3.05) is 0 Å². The average molecular weight is 194 g/mol. The van der Waals surface area contributed by atoms with Crippen LogP contribution in [0.25, 0.3) is 0 Å². The molecule has 0 amide bonds. The molecule has 0 aromatic heterocycles. The standard InChI is InChI=1S/C11H14O3/c1-8-4-3-5-10(9(8)2)6-7-11(12)13-14-11/h3-5,12H,6-7H2,1-2H3. The summed E-state index contributed by atoms with van der Waals surface area (Å²) >= 11 is 0. The summed E-state index contributed by atoms with van der Waals surface area (Å²) in [5.74, 6) is -1.31. The van der Waals surface area contributed by atoms with E-state index in [4.69, 9.17) is 0 Å². The number of hydrogen-bond donors (Lipinski definition) is 1. The van der Waals surface area contributed by atoms with Gasteiger partial charge in [-0.25, -0.2) is 0 Å². The Morgan fingerprint density at radius 1 is 1.29 bits per heavy atom. The van der Waals surface area contributed by atoms with Crippen molar-refractivity contribution < 1.29 is 14.9 Å². The summed E-state index contributed by atoms with van der Waals surface area (Å²) in [6.45, 7) is 4.17. The van der Waals surface area contributed by atoms with Crippen LogP contribution in [0.15, 0.2) is 18.2 Å². The zero-order chi connectivity index (χ0) is 10.2. The van der Waals surface area contributed by atoms with E-state index in [0.717, 1.165) is 6.42 Å². The number of aryl methyl sites for hydroxylation is 2. The van der Waals surface area contributed by atoms with Crippen LogP contribution < -0.4 is 0 Å². The molecule has 0 saturated carbocycles. The molecule has 1 aromatic rings. The highest BCUT2D eigenvalue weighted by Gasteiger charge is 2.46. The Morgan fingerprint density at radius 2 is 2.00 bits per heavy atom. The van der Waals surface area contributed by atoms with Crippen molar-refractivity contribution >= 4 is 0 Å². The van der Waals surface area contributed by atoms with Gasteiger partial charge in [0.15, 0.2) is 0 Å². The fourth-order valence-corrected chi connectivity index (χ4v) is 1.51. The van der Waals surface area contributed by atoms with Crippen LogP contribution >= 0.6 is 0 Å². The Balaban J connectivity index is 2.05. The molecule has 1 aliphatic heterocycles. The Hall–Kier alpha value is -0.900. The molecular weight excluding hydrogens is 180 g/mol. The average Bonchev–Trinajstić information content (AvgIpc) is 2.88. The lowest BCUT2D eigenvalue weighted by Crippen LogP contribution is -2.10. The maximum atomic E-state index is 9.31. The summed E-state index contributed by atoms with van der Waals surface area (Å²) in [6, 6.07) is 6.17. The Bertz CT molecular complexity index is 342. The van der Waals surface area contributed by atoms with Crippen molar-refractivity contribution in [2.45, 2.75) is 32.7 Å². The van der Waals surface area contributed by atoms with Crippen molar-refractivity contribution in [2.24, 2.45) is 0 Å². The highest BCUT2D eigenvalue weighted by atomic mass is 17.4. The van der Waals surface area contributed by atoms with Gasteiger partial charge in [-0.3, -0.25) is 0 Å². The van der Waals surface area contributed by atoms with E-state index in [-0.39, 0.29) is 0 Å². The SMILES string of the molecule is Cc1cccc(CCC2(O)OO2)c1C. The molecule has 76 valence electrons. The molecule has 1 fully saturated rings. The second-order valence-corrected chi connectivity index (χ2v) is 3.74. The molecule has 3 nitrogen and oxygen atoms in total. The molecule has 0 spiro atoms. The second-order valence-electron chi connectivity index (χ2n) is 3.74. The molecule has 0 radical (unpaired) electrons. The van der Waals surface area contributed by atoms with Crippen molar-refractivity contribution in [1.82, 2.24) is 0 Å². The summed E-state index contributed by atoms with van der Waals surface area (Å²) in [5.41, 5.74) is 3.78. The highest BCUT2D eigenvalue weighted by molar-refractivity contribution is 5.33. The molecule has 1 heterocycles. The molecule has 2 rings (SSSR count). The van der Waals surface area contributed by atoms with Crippen molar-refractivity contribution in [3.05, 3.63) is 34.9 Å². The first kappa shape index (κ1) is 9.65. The lowest BCUT2D eigenvalue weighted by molar-refractivity contribution is 0.0219. The summed E-state index contributed by atoms with van der Waals surface area (Å²) < 4.78 is 0. The van der Waals surface area contributed by atoms with Crippen LogP contribution in [0.2, 0.25) is 0 Å². The third-order valence-electron chi connectivity index (χ3n) is 2.70. The zero-order valence-corrected chi connectivity index (χ0v) is 8.41. The van der Waals surface area contributed by atoms with Crippen molar-refractivity contribution in [3.8, 4) is 0 Å². The summed E-state index contributed by atoms with van der Waals surface area (Å²) in [6.07, 6.45) is 1.25.